The predicted molar refractivity (Wildman–Crippen MR) is 92.8 cm³/mol. The third kappa shape index (κ3) is 2.92. The van der Waals surface area contributed by atoms with Gasteiger partial charge in [0.25, 0.3) is 5.91 Å². The molecule has 0 bridgehead atoms. The molecule has 2 aromatic rings. The van der Waals surface area contributed by atoms with E-state index in [1.165, 1.54) is 0 Å². The molecular weight excluding hydrogens is 300 g/mol. The maximum absolute atomic E-state index is 12.4. The average Bonchev–Trinajstić information content (AvgIpc) is 3.39. The summed E-state index contributed by atoms with van der Waals surface area (Å²) < 4.78 is 0. The number of amides is 2. The summed E-state index contributed by atoms with van der Waals surface area (Å²) in [5.41, 5.74) is 3.81. The lowest BCUT2D eigenvalue weighted by molar-refractivity contribution is -0.119. The van der Waals surface area contributed by atoms with E-state index < -0.39 is 0 Å². The van der Waals surface area contributed by atoms with Crippen molar-refractivity contribution in [2.24, 2.45) is 5.92 Å². The van der Waals surface area contributed by atoms with E-state index >= 15 is 0 Å². The van der Waals surface area contributed by atoms with Crippen LogP contribution in [0.3, 0.4) is 0 Å². The summed E-state index contributed by atoms with van der Waals surface area (Å²) in [7, 11) is 0. The fraction of sp³-hybridized carbons (Fsp3) is 0.300. The molecule has 0 atom stereocenters. The number of fused-ring (bicyclic) bond motifs is 1. The first-order valence-corrected chi connectivity index (χ1v) is 8.49. The second-order valence-electron chi connectivity index (χ2n) is 6.53. The lowest BCUT2D eigenvalue weighted by Crippen LogP contribution is -2.30. The van der Waals surface area contributed by atoms with E-state index in [4.69, 9.17) is 0 Å². The zero-order chi connectivity index (χ0) is 16.5. The third-order valence-corrected chi connectivity index (χ3v) is 4.73. The Morgan fingerprint density at radius 2 is 1.88 bits per heavy atom. The molecule has 2 aliphatic rings. The van der Waals surface area contributed by atoms with Crippen molar-refractivity contribution in [2.75, 3.05) is 11.4 Å². The van der Waals surface area contributed by atoms with Gasteiger partial charge in [-0.3, -0.25) is 9.59 Å². The highest BCUT2D eigenvalue weighted by atomic mass is 16.2. The summed E-state index contributed by atoms with van der Waals surface area (Å²) in [5, 5.41) is 2.95. The van der Waals surface area contributed by atoms with Crippen LogP contribution in [0.1, 0.15) is 34.3 Å². The fourth-order valence-corrected chi connectivity index (χ4v) is 3.20. The number of hydrogen-bond donors (Lipinski definition) is 1. The average molecular weight is 320 g/mol. The predicted octanol–water partition coefficient (Wildman–Crippen LogP) is 2.92. The molecule has 1 aliphatic heterocycles. The monoisotopic (exact) mass is 320 g/mol. The maximum Gasteiger partial charge on any atom is 0.251 e. The van der Waals surface area contributed by atoms with Gasteiger partial charge < -0.3 is 10.2 Å². The highest BCUT2D eigenvalue weighted by Crippen LogP contribution is 2.36. The van der Waals surface area contributed by atoms with Crippen LogP contribution in [-0.4, -0.2) is 18.4 Å². The van der Waals surface area contributed by atoms with Gasteiger partial charge in [0.05, 0.1) is 0 Å². The van der Waals surface area contributed by atoms with Crippen LogP contribution in [0, 0.1) is 5.92 Å². The minimum absolute atomic E-state index is 0.0753. The SMILES string of the molecule is O=C(NCc1ccccc1)c1ccc2c(c1)CCN2C(=O)C1CC1. The molecule has 1 fully saturated rings. The van der Waals surface area contributed by atoms with Gasteiger partial charge in [-0.15, -0.1) is 0 Å². The van der Waals surface area contributed by atoms with Crippen molar-refractivity contribution in [2.45, 2.75) is 25.8 Å². The van der Waals surface area contributed by atoms with Gasteiger partial charge in [-0.25, -0.2) is 0 Å². The lowest BCUT2D eigenvalue weighted by Gasteiger charge is -2.17. The number of anilines is 1. The third-order valence-electron chi connectivity index (χ3n) is 4.73. The van der Waals surface area contributed by atoms with E-state index in [1.54, 1.807) is 0 Å². The van der Waals surface area contributed by atoms with Gasteiger partial charge >= 0.3 is 0 Å². The van der Waals surface area contributed by atoms with Crippen molar-refractivity contribution < 1.29 is 9.59 Å². The van der Waals surface area contributed by atoms with Crippen LogP contribution < -0.4 is 10.2 Å². The Labute approximate surface area is 141 Å². The number of nitrogens with zero attached hydrogens (tertiary/aromatic N) is 1. The second-order valence-corrected chi connectivity index (χ2v) is 6.53. The standard InChI is InChI=1S/C20H20N2O2/c23-19(21-13-14-4-2-1-3-5-14)17-8-9-18-16(12-17)10-11-22(18)20(24)15-6-7-15/h1-5,8-9,12,15H,6-7,10-11,13H2,(H,21,23). The Hall–Kier alpha value is -2.62. The maximum atomic E-state index is 12.4. The number of carbonyl (C=O) groups is 2. The van der Waals surface area contributed by atoms with Gasteiger partial charge in [0.15, 0.2) is 0 Å². The van der Waals surface area contributed by atoms with E-state index in [2.05, 4.69) is 5.32 Å². The Balaban J connectivity index is 1.45. The molecule has 0 saturated heterocycles. The summed E-state index contributed by atoms with van der Waals surface area (Å²) in [6.45, 7) is 1.25. The number of rotatable bonds is 4. The van der Waals surface area contributed by atoms with Crippen molar-refractivity contribution in [3.05, 3.63) is 65.2 Å². The minimum atomic E-state index is -0.0753. The number of benzene rings is 2. The van der Waals surface area contributed by atoms with Crippen LogP contribution in [0.2, 0.25) is 0 Å². The van der Waals surface area contributed by atoms with Gasteiger partial charge in [0, 0.05) is 30.3 Å². The van der Waals surface area contributed by atoms with Gasteiger partial charge in [0.1, 0.15) is 0 Å². The summed E-state index contributed by atoms with van der Waals surface area (Å²) in [6.07, 6.45) is 2.86. The Morgan fingerprint density at radius 3 is 2.62 bits per heavy atom. The molecule has 4 heteroatoms. The summed E-state index contributed by atoms with van der Waals surface area (Å²) in [5.74, 6) is 0.397. The van der Waals surface area contributed by atoms with Gasteiger partial charge in [-0.05, 0) is 48.6 Å². The first kappa shape index (κ1) is 14.9. The van der Waals surface area contributed by atoms with Crippen molar-refractivity contribution in [1.82, 2.24) is 5.32 Å². The zero-order valence-corrected chi connectivity index (χ0v) is 13.5. The Bertz CT molecular complexity index is 781. The molecule has 24 heavy (non-hydrogen) atoms. The largest absolute Gasteiger partial charge is 0.348 e. The van der Waals surface area contributed by atoms with Gasteiger partial charge in [0.2, 0.25) is 5.91 Å². The molecule has 122 valence electrons. The molecule has 4 rings (SSSR count). The molecule has 1 aliphatic carbocycles. The molecule has 2 amide bonds. The van der Waals surface area contributed by atoms with Crippen LogP contribution in [0.25, 0.3) is 0 Å². The fourth-order valence-electron chi connectivity index (χ4n) is 3.20. The van der Waals surface area contributed by atoms with E-state index in [9.17, 15) is 9.59 Å². The van der Waals surface area contributed by atoms with E-state index in [0.29, 0.717) is 12.1 Å². The van der Waals surface area contributed by atoms with E-state index in [-0.39, 0.29) is 17.7 Å². The smallest absolute Gasteiger partial charge is 0.251 e. The normalized spacial score (nSPS) is 15.9. The Morgan fingerprint density at radius 1 is 1.08 bits per heavy atom. The van der Waals surface area contributed by atoms with Crippen LogP contribution in [0.15, 0.2) is 48.5 Å². The molecule has 0 radical (unpaired) electrons. The van der Waals surface area contributed by atoms with Gasteiger partial charge in [-0.2, -0.15) is 0 Å². The van der Waals surface area contributed by atoms with Crippen LogP contribution in [-0.2, 0) is 17.8 Å². The molecule has 1 heterocycles. The van der Waals surface area contributed by atoms with Crippen molar-refractivity contribution in [3.63, 3.8) is 0 Å². The first-order valence-electron chi connectivity index (χ1n) is 8.49. The minimum Gasteiger partial charge on any atom is -0.348 e. The summed E-state index contributed by atoms with van der Waals surface area (Å²) >= 11 is 0. The van der Waals surface area contributed by atoms with Crippen LogP contribution >= 0.6 is 0 Å². The van der Waals surface area contributed by atoms with Crippen molar-refractivity contribution in [3.8, 4) is 0 Å². The molecule has 0 aromatic heterocycles. The topological polar surface area (TPSA) is 49.4 Å². The highest BCUT2D eigenvalue weighted by molar-refractivity contribution is 6.00. The summed E-state index contributed by atoms with van der Waals surface area (Å²) in [6, 6.07) is 15.5. The molecule has 2 aromatic carbocycles. The number of nitrogens with one attached hydrogen (secondary N) is 1. The van der Waals surface area contributed by atoms with Crippen LogP contribution in [0.5, 0.6) is 0 Å². The van der Waals surface area contributed by atoms with E-state index in [1.807, 2.05) is 53.4 Å². The molecule has 1 saturated carbocycles. The lowest BCUT2D eigenvalue weighted by atomic mass is 10.1. The molecule has 1 N–H and O–H groups in total. The second kappa shape index (κ2) is 6.11. The molecule has 0 spiro atoms. The molecule has 0 unspecified atom stereocenters. The number of carbonyl (C=O) groups excluding carboxylic acids is 2. The van der Waals surface area contributed by atoms with Crippen LogP contribution in [0.4, 0.5) is 5.69 Å². The molecular formula is C20H20N2O2. The zero-order valence-electron chi connectivity index (χ0n) is 13.5. The van der Waals surface area contributed by atoms with Crippen molar-refractivity contribution >= 4 is 17.5 Å². The van der Waals surface area contributed by atoms with Gasteiger partial charge in [-0.1, -0.05) is 30.3 Å². The van der Waals surface area contributed by atoms with Crippen molar-refractivity contribution in [1.29, 1.82) is 0 Å². The first-order chi connectivity index (χ1) is 11.7. The highest BCUT2D eigenvalue weighted by Gasteiger charge is 2.36. The van der Waals surface area contributed by atoms with E-state index in [0.717, 1.165) is 42.6 Å². The number of hydrogen-bond acceptors (Lipinski definition) is 2. The Kier molecular flexibility index (Phi) is 3.81. The quantitative estimate of drug-likeness (QED) is 0.941. The molecule has 4 nitrogen and oxygen atoms in total. The summed E-state index contributed by atoms with van der Waals surface area (Å²) in [4.78, 5) is 26.5.